The summed E-state index contributed by atoms with van der Waals surface area (Å²) in [6.07, 6.45) is -0.742. The molecule has 7 N–H and O–H groups in total. The number of Topliss-reactive ketones (excluding diaryl/α,β-unsaturated/α-hetero) is 2. The van der Waals surface area contributed by atoms with E-state index < -0.39 is 70.8 Å². The third-order valence-corrected chi connectivity index (χ3v) is 8.36. The third kappa shape index (κ3) is 4.61. The van der Waals surface area contributed by atoms with Gasteiger partial charge in [-0.3, -0.25) is 24.6 Å². The summed E-state index contributed by atoms with van der Waals surface area (Å²) in [6.45, 7) is -1.19. The lowest BCUT2D eigenvalue weighted by Gasteiger charge is -2.50. The molecular weight excluding hydrogens is 565 g/mol. The van der Waals surface area contributed by atoms with Crippen molar-refractivity contribution < 1.29 is 48.7 Å². The van der Waals surface area contributed by atoms with Gasteiger partial charge in [0.15, 0.2) is 11.4 Å². The van der Waals surface area contributed by atoms with Crippen molar-refractivity contribution in [3.05, 3.63) is 70.2 Å². The smallest absolute Gasteiger partial charge is 0.411 e. The number of ether oxygens (including phenoxy) is 1. The van der Waals surface area contributed by atoms with Crippen molar-refractivity contribution in [3.63, 3.8) is 0 Å². The molecule has 13 heteroatoms. The van der Waals surface area contributed by atoms with Crippen LogP contribution < -0.4 is 11.1 Å². The Morgan fingerprint density at radius 1 is 1.12 bits per heavy atom. The van der Waals surface area contributed by atoms with Gasteiger partial charge >= 0.3 is 6.09 Å². The molecule has 2 aromatic carbocycles. The number of halogens is 1. The van der Waals surface area contributed by atoms with E-state index in [9.17, 15) is 44.0 Å². The molecule has 12 nitrogen and oxygen atoms in total. The number of alkyl halides is 1. The van der Waals surface area contributed by atoms with E-state index in [0.29, 0.717) is 22.4 Å². The van der Waals surface area contributed by atoms with Crippen LogP contribution >= 0.6 is 0 Å². The first-order valence-electron chi connectivity index (χ1n) is 13.4. The molecule has 0 aliphatic heterocycles. The number of phenols is 1. The summed E-state index contributed by atoms with van der Waals surface area (Å²) in [5, 5.41) is 47.2. The topological polar surface area (TPSA) is 200 Å². The molecule has 0 fully saturated rings. The number of carbonyl (C=O) groups is 4. The monoisotopic (exact) mass is 595 g/mol. The van der Waals surface area contributed by atoms with Crippen LogP contribution in [0.5, 0.6) is 5.75 Å². The summed E-state index contributed by atoms with van der Waals surface area (Å²) in [5.41, 5.74) is 3.44. The number of amides is 2. The average Bonchev–Trinajstić information content (AvgIpc) is 2.94. The number of allylic oxidation sites excluding steroid dienone is 1. The van der Waals surface area contributed by atoms with Crippen LogP contribution in [0.3, 0.4) is 0 Å². The van der Waals surface area contributed by atoms with Crippen molar-refractivity contribution in [3.8, 4) is 16.9 Å². The Balaban J connectivity index is 1.58. The minimum atomic E-state index is -2.72. The van der Waals surface area contributed by atoms with E-state index in [1.54, 1.807) is 44.4 Å². The van der Waals surface area contributed by atoms with Crippen LogP contribution in [-0.2, 0) is 20.7 Å². The predicted molar refractivity (Wildman–Crippen MR) is 150 cm³/mol. The van der Waals surface area contributed by atoms with Crippen molar-refractivity contribution in [2.24, 2.45) is 17.6 Å². The number of hydrogen-bond donors (Lipinski definition) is 6. The number of anilines is 1. The maximum Gasteiger partial charge on any atom is 0.411 e. The second-order valence-corrected chi connectivity index (χ2v) is 11.0. The molecule has 0 bridgehead atoms. The number of nitrogens with zero attached hydrogens (tertiary/aromatic N) is 1. The number of rotatable bonds is 6. The lowest BCUT2D eigenvalue weighted by Crippen LogP contribution is -2.63. The Hall–Kier alpha value is -4.75. The van der Waals surface area contributed by atoms with Gasteiger partial charge in [0.25, 0.3) is 5.91 Å². The highest BCUT2D eigenvalue weighted by Gasteiger charge is 2.63. The largest absolute Gasteiger partial charge is 0.510 e. The molecule has 4 atom stereocenters. The molecule has 3 aliphatic carbocycles. The van der Waals surface area contributed by atoms with Crippen LogP contribution in [0.4, 0.5) is 14.9 Å². The van der Waals surface area contributed by atoms with E-state index in [1.165, 1.54) is 11.0 Å². The molecule has 5 rings (SSSR count). The summed E-state index contributed by atoms with van der Waals surface area (Å²) in [7, 11) is 3.12. The Bertz CT molecular complexity index is 1620. The normalized spacial score (nSPS) is 24.8. The van der Waals surface area contributed by atoms with Crippen molar-refractivity contribution in [1.82, 2.24) is 4.90 Å². The highest BCUT2D eigenvalue weighted by Crippen LogP contribution is 2.53. The molecule has 2 aromatic rings. The van der Waals surface area contributed by atoms with Gasteiger partial charge in [-0.05, 0) is 67.7 Å². The van der Waals surface area contributed by atoms with Crippen LogP contribution in [-0.4, -0.2) is 87.9 Å². The summed E-state index contributed by atoms with van der Waals surface area (Å²) < 4.78 is 16.9. The number of carbonyl (C=O) groups excluding carboxylic acids is 4. The number of primary amides is 1. The van der Waals surface area contributed by atoms with E-state index in [4.69, 9.17) is 5.73 Å². The van der Waals surface area contributed by atoms with E-state index in [2.05, 4.69) is 10.1 Å². The van der Waals surface area contributed by atoms with Crippen molar-refractivity contribution in [2.45, 2.75) is 24.5 Å². The number of benzene rings is 2. The van der Waals surface area contributed by atoms with Crippen LogP contribution in [0.25, 0.3) is 11.1 Å². The number of phenolic OH excluding ortho intramolecular Hbond substituents is 1. The first-order chi connectivity index (χ1) is 20.3. The molecule has 2 amide bonds. The first kappa shape index (κ1) is 29.7. The first-order valence-corrected chi connectivity index (χ1v) is 13.4. The predicted octanol–water partition coefficient (Wildman–Crippen LogP) is 2.31. The quantitative estimate of drug-likeness (QED) is 0.269. The fourth-order valence-corrected chi connectivity index (χ4v) is 6.54. The van der Waals surface area contributed by atoms with Gasteiger partial charge in [0, 0.05) is 17.2 Å². The van der Waals surface area contributed by atoms with Crippen LogP contribution in [0.2, 0.25) is 0 Å². The minimum Gasteiger partial charge on any atom is -0.510 e. The second kappa shape index (κ2) is 10.8. The average molecular weight is 596 g/mol. The van der Waals surface area contributed by atoms with Gasteiger partial charge in [-0.25, -0.2) is 9.18 Å². The Morgan fingerprint density at radius 3 is 2.40 bits per heavy atom. The Kier molecular flexibility index (Phi) is 7.48. The zero-order chi connectivity index (χ0) is 31.4. The van der Waals surface area contributed by atoms with E-state index in [1.807, 2.05) is 0 Å². The van der Waals surface area contributed by atoms with Crippen molar-refractivity contribution in [1.29, 1.82) is 0 Å². The van der Waals surface area contributed by atoms with Crippen molar-refractivity contribution >= 4 is 29.3 Å². The van der Waals surface area contributed by atoms with Gasteiger partial charge < -0.3 is 30.9 Å². The summed E-state index contributed by atoms with van der Waals surface area (Å²) >= 11 is 0. The van der Waals surface area contributed by atoms with E-state index in [0.717, 1.165) is 0 Å². The Labute approximate surface area is 244 Å². The molecule has 0 spiro atoms. The van der Waals surface area contributed by atoms with Gasteiger partial charge in [0.05, 0.1) is 11.6 Å². The number of ketones is 2. The fraction of sp³-hybridized carbons (Fsp3) is 0.333. The highest BCUT2D eigenvalue weighted by molar-refractivity contribution is 6.25. The molecule has 0 saturated carbocycles. The molecule has 0 radical (unpaired) electrons. The Morgan fingerprint density at radius 2 is 1.79 bits per heavy atom. The lowest BCUT2D eigenvalue weighted by molar-refractivity contribution is -0.148. The van der Waals surface area contributed by atoms with Crippen LogP contribution in [0.1, 0.15) is 22.3 Å². The summed E-state index contributed by atoms with van der Waals surface area (Å²) in [5.74, 6) is -7.20. The molecular formula is C30H30FN3O9. The zero-order valence-corrected chi connectivity index (χ0v) is 23.3. The lowest BCUT2D eigenvalue weighted by atomic mass is 9.58. The number of nitrogens with two attached hydrogens (primary N) is 1. The molecule has 226 valence electrons. The SMILES string of the molecule is CN(C)[C@@H]1C(O)=C(C(N)=O)C(=O)[C@@]2(O)C(O)=C3C(=O)c4c(O)ccc(-c5ccc(NC(=O)OCCF)cc5)c4C[C@H]3C[C@@H]12. The maximum absolute atomic E-state index is 13.9. The molecule has 0 unspecified atom stereocenters. The number of hydrogen-bond acceptors (Lipinski definition) is 10. The molecule has 43 heavy (non-hydrogen) atoms. The van der Waals surface area contributed by atoms with Gasteiger partial charge in [0.2, 0.25) is 5.78 Å². The van der Waals surface area contributed by atoms with Crippen LogP contribution in [0, 0.1) is 11.8 Å². The molecule has 0 saturated heterocycles. The maximum atomic E-state index is 13.9. The fourth-order valence-electron chi connectivity index (χ4n) is 6.54. The molecule has 3 aliphatic rings. The second-order valence-electron chi connectivity index (χ2n) is 11.0. The van der Waals surface area contributed by atoms with Gasteiger partial charge in [-0.1, -0.05) is 18.2 Å². The third-order valence-electron chi connectivity index (χ3n) is 8.36. The number of likely N-dealkylation sites (N-methyl/N-ethyl adjacent to an activating group) is 1. The van der Waals surface area contributed by atoms with Crippen LogP contribution in [0.15, 0.2) is 59.1 Å². The van der Waals surface area contributed by atoms with Gasteiger partial charge in [-0.15, -0.1) is 0 Å². The standard InChI is InChI=1S/C30H30FN3O9/c1-34(2)23-18-12-14-11-17-16(13-3-5-15(6-4-13)33-29(41)43-10-9-31)7-8-19(35)21(17)24(36)20(14)26(38)30(18,42)27(39)22(25(23)37)28(32)40/h3-8,14,18,23,35,37-38,42H,9-12H2,1-2H3,(H2,32,40)(H,33,41)/t14-,18-,23-,30-/m0/s1. The van der Waals surface area contributed by atoms with Gasteiger partial charge in [0.1, 0.15) is 36.1 Å². The highest BCUT2D eigenvalue weighted by atomic mass is 19.1. The zero-order valence-electron chi connectivity index (χ0n) is 23.3. The minimum absolute atomic E-state index is 0.0370. The number of aromatic hydroxyl groups is 1. The van der Waals surface area contributed by atoms with Gasteiger partial charge in [-0.2, -0.15) is 0 Å². The van der Waals surface area contributed by atoms with E-state index in [-0.39, 0.29) is 36.3 Å². The number of aliphatic hydroxyl groups excluding tert-OH is 2. The molecule has 0 aromatic heterocycles. The van der Waals surface area contributed by atoms with E-state index >= 15 is 0 Å². The summed E-state index contributed by atoms with van der Waals surface area (Å²) in [6, 6.07) is 8.33. The van der Waals surface area contributed by atoms with Crippen molar-refractivity contribution in [2.75, 3.05) is 32.7 Å². The number of aliphatic hydroxyl groups is 3. The molecule has 0 heterocycles. The number of fused-ring (bicyclic) bond motifs is 3. The number of nitrogens with one attached hydrogen (secondary N) is 1. The summed E-state index contributed by atoms with van der Waals surface area (Å²) in [4.78, 5) is 52.7.